The lowest BCUT2D eigenvalue weighted by atomic mass is 10.2. The Hall–Kier alpha value is -2.50. The van der Waals surface area contributed by atoms with Crippen LogP contribution < -0.4 is 5.56 Å². The molecule has 1 aromatic carbocycles. The van der Waals surface area contributed by atoms with Crippen molar-refractivity contribution in [3.8, 4) is 0 Å². The summed E-state index contributed by atoms with van der Waals surface area (Å²) in [5, 5.41) is 4.13. The molecule has 3 aromatic rings. The van der Waals surface area contributed by atoms with Gasteiger partial charge in [-0.1, -0.05) is 6.07 Å². The molecule has 2 heterocycles. The highest BCUT2D eigenvalue weighted by Crippen LogP contribution is 2.13. The van der Waals surface area contributed by atoms with Crippen LogP contribution in [0.5, 0.6) is 0 Å². The minimum absolute atomic E-state index is 0.0299. The quantitative estimate of drug-likeness (QED) is 0.732. The Labute approximate surface area is 114 Å². The summed E-state index contributed by atoms with van der Waals surface area (Å²) in [5.74, 6) is -0.541. The molecule has 0 N–H and O–H groups in total. The van der Waals surface area contributed by atoms with Gasteiger partial charge in [-0.3, -0.25) is 14.0 Å². The molecule has 0 aliphatic carbocycles. The van der Waals surface area contributed by atoms with Crippen LogP contribution in [0.2, 0.25) is 0 Å². The van der Waals surface area contributed by atoms with Crippen LogP contribution in [0.4, 0.5) is 4.39 Å². The molecule has 0 aliphatic heterocycles. The van der Waals surface area contributed by atoms with Gasteiger partial charge in [0.2, 0.25) is 0 Å². The molecular weight excluding hydrogens is 259 g/mol. The molecule has 0 radical (unpaired) electrons. The topological polar surface area (TPSA) is 52.7 Å². The number of aromatic nitrogens is 4. The number of halogens is 1. The molecule has 0 saturated carbocycles. The molecule has 6 heteroatoms. The van der Waals surface area contributed by atoms with Crippen molar-refractivity contribution in [1.82, 2.24) is 19.3 Å². The van der Waals surface area contributed by atoms with E-state index >= 15 is 0 Å². The van der Waals surface area contributed by atoms with Gasteiger partial charge >= 0.3 is 0 Å². The maximum Gasteiger partial charge on any atom is 0.264 e. The Morgan fingerprint density at radius 1 is 1.35 bits per heavy atom. The van der Waals surface area contributed by atoms with E-state index in [-0.39, 0.29) is 17.0 Å². The van der Waals surface area contributed by atoms with Gasteiger partial charge in [0.05, 0.1) is 24.4 Å². The molecule has 3 rings (SSSR count). The van der Waals surface area contributed by atoms with Crippen molar-refractivity contribution in [3.63, 3.8) is 0 Å². The predicted molar refractivity (Wildman–Crippen MR) is 72.9 cm³/mol. The number of fused-ring (bicyclic) bond motifs is 1. The third kappa shape index (κ3) is 2.09. The van der Waals surface area contributed by atoms with Crippen molar-refractivity contribution < 1.29 is 4.39 Å². The largest absolute Gasteiger partial charge is 0.294 e. The second-order valence-electron chi connectivity index (χ2n) is 4.67. The summed E-state index contributed by atoms with van der Waals surface area (Å²) in [6, 6.07) is 6.09. The monoisotopic (exact) mass is 272 g/mol. The molecule has 0 aliphatic rings. The Morgan fingerprint density at radius 3 is 2.95 bits per heavy atom. The van der Waals surface area contributed by atoms with Crippen LogP contribution in [-0.4, -0.2) is 19.3 Å². The van der Waals surface area contributed by atoms with Crippen molar-refractivity contribution in [1.29, 1.82) is 0 Å². The maximum absolute atomic E-state index is 13.8. The van der Waals surface area contributed by atoms with E-state index in [0.29, 0.717) is 12.1 Å². The molecular formula is C14H13FN4O. The fraction of sp³-hybridized carbons (Fsp3) is 0.214. The molecule has 2 aromatic heterocycles. The van der Waals surface area contributed by atoms with E-state index in [4.69, 9.17) is 0 Å². The van der Waals surface area contributed by atoms with Crippen LogP contribution in [0.25, 0.3) is 10.9 Å². The van der Waals surface area contributed by atoms with Gasteiger partial charge in [0.25, 0.3) is 5.56 Å². The predicted octanol–water partition coefficient (Wildman–Crippen LogP) is 1.99. The van der Waals surface area contributed by atoms with E-state index in [9.17, 15) is 9.18 Å². The Morgan fingerprint density at radius 2 is 2.20 bits per heavy atom. The fourth-order valence-electron chi connectivity index (χ4n) is 2.22. The zero-order valence-corrected chi connectivity index (χ0v) is 10.9. The van der Waals surface area contributed by atoms with Gasteiger partial charge in [-0.2, -0.15) is 5.10 Å². The molecule has 0 unspecified atom stereocenters. The maximum atomic E-state index is 13.8. The van der Waals surface area contributed by atoms with E-state index in [1.165, 1.54) is 17.0 Å². The molecule has 0 amide bonds. The third-order valence-corrected chi connectivity index (χ3v) is 3.25. The van der Waals surface area contributed by atoms with E-state index in [1.807, 2.05) is 19.2 Å². The molecule has 0 fully saturated rings. The Bertz CT molecular complexity index is 795. The standard InChI is InChI=1S/C14H13FN4O/c1-10(8-18-7-3-6-17-18)19-9-16-12-5-2-4-11(15)13(12)14(19)20/h2-7,9-10H,8H2,1H3/t10-/m0/s1. The summed E-state index contributed by atoms with van der Waals surface area (Å²) in [4.78, 5) is 16.5. The van der Waals surface area contributed by atoms with Crippen LogP contribution in [0.1, 0.15) is 13.0 Å². The summed E-state index contributed by atoms with van der Waals surface area (Å²) in [5.41, 5.74) is 0.00490. The van der Waals surface area contributed by atoms with Crippen LogP contribution in [0, 0.1) is 5.82 Å². The molecule has 0 bridgehead atoms. The smallest absolute Gasteiger partial charge is 0.264 e. The lowest BCUT2D eigenvalue weighted by Gasteiger charge is -2.15. The first-order chi connectivity index (χ1) is 9.66. The average molecular weight is 272 g/mol. The molecule has 0 saturated heterocycles. The number of rotatable bonds is 3. The summed E-state index contributed by atoms with van der Waals surface area (Å²) >= 11 is 0. The van der Waals surface area contributed by atoms with Gasteiger partial charge in [-0.25, -0.2) is 9.37 Å². The number of nitrogens with zero attached hydrogens (tertiary/aromatic N) is 4. The number of benzene rings is 1. The molecule has 20 heavy (non-hydrogen) atoms. The van der Waals surface area contributed by atoms with Gasteiger partial charge < -0.3 is 0 Å². The van der Waals surface area contributed by atoms with Gasteiger partial charge in [0, 0.05) is 12.4 Å². The van der Waals surface area contributed by atoms with Crippen molar-refractivity contribution >= 4 is 10.9 Å². The van der Waals surface area contributed by atoms with Gasteiger partial charge in [-0.15, -0.1) is 0 Å². The van der Waals surface area contributed by atoms with Gasteiger partial charge in [0.15, 0.2) is 0 Å². The lowest BCUT2D eigenvalue weighted by molar-refractivity contribution is 0.425. The fourth-order valence-corrected chi connectivity index (χ4v) is 2.22. The second-order valence-corrected chi connectivity index (χ2v) is 4.67. The lowest BCUT2D eigenvalue weighted by Crippen LogP contribution is -2.27. The highest BCUT2D eigenvalue weighted by molar-refractivity contribution is 5.77. The Kier molecular flexibility index (Phi) is 3.06. The normalized spacial score (nSPS) is 12.7. The SMILES string of the molecule is C[C@@H](Cn1cccn1)n1cnc2cccc(F)c2c1=O. The number of hydrogen-bond acceptors (Lipinski definition) is 3. The highest BCUT2D eigenvalue weighted by atomic mass is 19.1. The van der Waals surface area contributed by atoms with Crippen LogP contribution in [0.3, 0.4) is 0 Å². The van der Waals surface area contributed by atoms with E-state index in [2.05, 4.69) is 10.1 Å². The molecule has 102 valence electrons. The van der Waals surface area contributed by atoms with Crippen molar-refractivity contribution in [2.75, 3.05) is 0 Å². The minimum atomic E-state index is -0.541. The summed E-state index contributed by atoms with van der Waals surface area (Å²) in [6.07, 6.45) is 4.95. The first-order valence-electron chi connectivity index (χ1n) is 6.29. The van der Waals surface area contributed by atoms with Crippen molar-refractivity contribution in [2.24, 2.45) is 0 Å². The first kappa shape index (κ1) is 12.5. The molecule has 1 atom stereocenters. The summed E-state index contributed by atoms with van der Waals surface area (Å²) in [7, 11) is 0. The zero-order valence-electron chi connectivity index (χ0n) is 10.9. The van der Waals surface area contributed by atoms with Crippen LogP contribution in [0.15, 0.2) is 47.8 Å². The summed E-state index contributed by atoms with van der Waals surface area (Å²) < 4.78 is 17.0. The average Bonchev–Trinajstić information content (AvgIpc) is 2.91. The Balaban J connectivity index is 2.06. The van der Waals surface area contributed by atoms with E-state index in [1.54, 1.807) is 23.0 Å². The highest BCUT2D eigenvalue weighted by Gasteiger charge is 2.13. The zero-order chi connectivity index (χ0) is 14.1. The van der Waals surface area contributed by atoms with Crippen molar-refractivity contribution in [2.45, 2.75) is 19.5 Å². The first-order valence-corrected chi connectivity index (χ1v) is 6.29. The second kappa shape index (κ2) is 4.88. The summed E-state index contributed by atoms with van der Waals surface area (Å²) in [6.45, 7) is 2.39. The molecule has 5 nitrogen and oxygen atoms in total. The minimum Gasteiger partial charge on any atom is -0.294 e. The van der Waals surface area contributed by atoms with Gasteiger partial charge in [-0.05, 0) is 25.1 Å². The third-order valence-electron chi connectivity index (χ3n) is 3.25. The molecule has 0 spiro atoms. The number of hydrogen-bond donors (Lipinski definition) is 0. The van der Waals surface area contributed by atoms with Crippen LogP contribution >= 0.6 is 0 Å². The van der Waals surface area contributed by atoms with Gasteiger partial charge in [0.1, 0.15) is 11.2 Å². The van der Waals surface area contributed by atoms with E-state index in [0.717, 1.165) is 0 Å². The van der Waals surface area contributed by atoms with Crippen LogP contribution in [-0.2, 0) is 6.54 Å². The van der Waals surface area contributed by atoms with Crippen molar-refractivity contribution in [3.05, 3.63) is 59.2 Å². The van der Waals surface area contributed by atoms with E-state index < -0.39 is 5.82 Å².